The average Bonchev–Trinajstić information content (AvgIpc) is 2.81. The summed E-state index contributed by atoms with van der Waals surface area (Å²) in [4.78, 5) is 20.8. The number of nitrogens with zero attached hydrogens (tertiary/aromatic N) is 3. The summed E-state index contributed by atoms with van der Waals surface area (Å²) in [5.41, 5.74) is 1.55. The van der Waals surface area contributed by atoms with E-state index in [-0.39, 0.29) is 30.1 Å². The number of methoxy groups -OCH3 is 1. The SMILES string of the molecule is COc1ccc(NC(=O)N(c2ccccc2C(C)C)C2CCN(CC(F)F)CC2)c(OC(F)F)n1. The van der Waals surface area contributed by atoms with Gasteiger partial charge in [0.05, 0.1) is 13.7 Å². The van der Waals surface area contributed by atoms with Crippen LogP contribution in [0.3, 0.4) is 0 Å². The molecule has 0 unspecified atom stereocenters. The molecule has 1 N–H and O–H groups in total. The Kier molecular flexibility index (Phi) is 9.13. The number of aromatic nitrogens is 1. The third kappa shape index (κ3) is 6.97. The minimum Gasteiger partial charge on any atom is -0.481 e. The van der Waals surface area contributed by atoms with E-state index < -0.39 is 24.9 Å². The molecular formula is C24H30F4N4O3. The third-order valence-electron chi connectivity index (χ3n) is 5.84. The molecule has 2 heterocycles. The summed E-state index contributed by atoms with van der Waals surface area (Å²) < 4.78 is 61.1. The van der Waals surface area contributed by atoms with Crippen LogP contribution in [0.4, 0.5) is 33.7 Å². The first kappa shape index (κ1) is 26.5. The zero-order chi connectivity index (χ0) is 25.5. The first-order valence-corrected chi connectivity index (χ1v) is 11.4. The van der Waals surface area contributed by atoms with Crippen LogP contribution in [0.15, 0.2) is 36.4 Å². The second kappa shape index (κ2) is 12.1. The Morgan fingerprint density at radius 1 is 1.14 bits per heavy atom. The molecule has 1 aromatic heterocycles. The summed E-state index contributed by atoms with van der Waals surface area (Å²) >= 11 is 0. The maximum absolute atomic E-state index is 13.6. The van der Waals surface area contributed by atoms with Crippen LogP contribution >= 0.6 is 0 Å². The Morgan fingerprint density at radius 3 is 2.43 bits per heavy atom. The van der Waals surface area contributed by atoms with Crippen molar-refractivity contribution in [2.75, 3.05) is 37.0 Å². The van der Waals surface area contributed by atoms with Crippen molar-refractivity contribution < 1.29 is 31.8 Å². The molecule has 35 heavy (non-hydrogen) atoms. The predicted molar refractivity (Wildman–Crippen MR) is 125 cm³/mol. The van der Waals surface area contributed by atoms with Gasteiger partial charge >= 0.3 is 12.6 Å². The summed E-state index contributed by atoms with van der Waals surface area (Å²) in [6.45, 7) is 1.36. The third-order valence-corrected chi connectivity index (χ3v) is 5.84. The highest BCUT2D eigenvalue weighted by Crippen LogP contribution is 2.33. The predicted octanol–water partition coefficient (Wildman–Crippen LogP) is 5.58. The van der Waals surface area contributed by atoms with Crippen molar-refractivity contribution >= 4 is 17.4 Å². The van der Waals surface area contributed by atoms with Gasteiger partial charge < -0.3 is 14.8 Å². The molecule has 7 nitrogen and oxygen atoms in total. The fourth-order valence-corrected chi connectivity index (χ4v) is 4.20. The first-order chi connectivity index (χ1) is 16.7. The van der Waals surface area contributed by atoms with Crippen molar-refractivity contribution in [2.24, 2.45) is 0 Å². The van der Waals surface area contributed by atoms with Crippen LogP contribution in [0, 0.1) is 0 Å². The number of likely N-dealkylation sites (tertiary alicyclic amines) is 1. The molecule has 1 fully saturated rings. The Labute approximate surface area is 202 Å². The molecule has 3 rings (SSSR count). The molecule has 1 aliphatic heterocycles. The number of nitrogens with one attached hydrogen (secondary N) is 1. The van der Waals surface area contributed by atoms with Gasteiger partial charge in [0.15, 0.2) is 0 Å². The minimum absolute atomic E-state index is 0.0433. The molecule has 1 aliphatic rings. The van der Waals surface area contributed by atoms with E-state index in [4.69, 9.17) is 4.74 Å². The van der Waals surface area contributed by atoms with Gasteiger partial charge in [0.1, 0.15) is 5.69 Å². The monoisotopic (exact) mass is 498 g/mol. The lowest BCUT2D eigenvalue weighted by molar-refractivity contribution is -0.0525. The molecule has 11 heteroatoms. The minimum atomic E-state index is -3.15. The Hall–Kier alpha value is -3.08. The second-order valence-electron chi connectivity index (χ2n) is 8.52. The number of rotatable bonds is 9. The molecule has 0 bridgehead atoms. The van der Waals surface area contributed by atoms with Gasteiger partial charge in [-0.05, 0) is 36.5 Å². The van der Waals surface area contributed by atoms with Gasteiger partial charge in [-0.25, -0.2) is 13.6 Å². The number of anilines is 2. The molecule has 192 valence electrons. The van der Waals surface area contributed by atoms with Crippen LogP contribution in [-0.2, 0) is 0 Å². The van der Waals surface area contributed by atoms with Gasteiger partial charge in [0.25, 0.3) is 6.43 Å². The van der Waals surface area contributed by atoms with E-state index in [2.05, 4.69) is 15.0 Å². The maximum atomic E-state index is 13.6. The van der Waals surface area contributed by atoms with Gasteiger partial charge in [-0.15, -0.1) is 0 Å². The fraction of sp³-hybridized carbons (Fsp3) is 0.500. The lowest BCUT2D eigenvalue weighted by Gasteiger charge is -2.39. The van der Waals surface area contributed by atoms with Crippen molar-refractivity contribution in [1.82, 2.24) is 9.88 Å². The molecule has 2 amide bonds. The first-order valence-electron chi connectivity index (χ1n) is 11.4. The number of para-hydroxylation sites is 1. The summed E-state index contributed by atoms with van der Waals surface area (Å²) in [6.07, 6.45) is -1.47. The van der Waals surface area contributed by atoms with Crippen LogP contribution in [-0.4, -0.2) is 61.7 Å². The smallest absolute Gasteiger partial charge is 0.388 e. The van der Waals surface area contributed by atoms with Crippen molar-refractivity contribution in [1.29, 1.82) is 0 Å². The highest BCUT2D eigenvalue weighted by atomic mass is 19.3. The Balaban J connectivity index is 1.92. The van der Waals surface area contributed by atoms with E-state index in [0.717, 1.165) is 5.56 Å². The number of ether oxygens (including phenoxy) is 2. The van der Waals surface area contributed by atoms with Crippen LogP contribution in [0.2, 0.25) is 0 Å². The number of hydrogen-bond acceptors (Lipinski definition) is 5. The zero-order valence-electron chi connectivity index (χ0n) is 19.9. The second-order valence-corrected chi connectivity index (χ2v) is 8.52. The normalized spacial score (nSPS) is 15.0. The molecule has 2 aromatic rings. The largest absolute Gasteiger partial charge is 0.481 e. The lowest BCUT2D eigenvalue weighted by atomic mass is 9.97. The number of benzene rings is 1. The summed E-state index contributed by atoms with van der Waals surface area (Å²) in [6, 6.07) is 9.39. The average molecular weight is 499 g/mol. The molecule has 1 saturated heterocycles. The maximum Gasteiger partial charge on any atom is 0.388 e. The Bertz CT molecular complexity index is 985. The summed E-state index contributed by atoms with van der Waals surface area (Å²) in [5, 5.41) is 2.65. The van der Waals surface area contributed by atoms with Crippen molar-refractivity contribution in [3.63, 3.8) is 0 Å². The van der Waals surface area contributed by atoms with Crippen molar-refractivity contribution in [2.45, 2.75) is 51.7 Å². The molecule has 0 spiro atoms. The van der Waals surface area contributed by atoms with Crippen LogP contribution in [0.25, 0.3) is 0 Å². The van der Waals surface area contributed by atoms with E-state index >= 15 is 0 Å². The highest BCUT2D eigenvalue weighted by molar-refractivity contribution is 6.03. The molecule has 0 radical (unpaired) electrons. The van der Waals surface area contributed by atoms with E-state index in [1.807, 2.05) is 38.1 Å². The topological polar surface area (TPSA) is 66.9 Å². The lowest BCUT2D eigenvalue weighted by Crippen LogP contribution is -2.50. The molecular weight excluding hydrogens is 468 g/mol. The van der Waals surface area contributed by atoms with Gasteiger partial charge in [0.2, 0.25) is 11.8 Å². The van der Waals surface area contributed by atoms with Crippen molar-refractivity contribution in [3.8, 4) is 11.8 Å². The van der Waals surface area contributed by atoms with Gasteiger partial charge in [-0.3, -0.25) is 9.80 Å². The molecule has 1 aromatic carbocycles. The highest BCUT2D eigenvalue weighted by Gasteiger charge is 2.32. The van der Waals surface area contributed by atoms with Crippen molar-refractivity contribution in [3.05, 3.63) is 42.0 Å². The quantitative estimate of drug-likeness (QED) is 0.457. The summed E-state index contributed by atoms with van der Waals surface area (Å²) in [7, 11) is 1.33. The van der Waals surface area contributed by atoms with Gasteiger partial charge in [0, 0.05) is 30.9 Å². The van der Waals surface area contributed by atoms with E-state index in [1.165, 1.54) is 19.2 Å². The van der Waals surface area contributed by atoms with E-state index in [0.29, 0.717) is 31.6 Å². The number of piperidine rings is 1. The number of pyridine rings is 1. The number of carbonyl (C=O) groups is 1. The fourth-order valence-electron chi connectivity index (χ4n) is 4.20. The Morgan fingerprint density at radius 2 is 1.83 bits per heavy atom. The van der Waals surface area contributed by atoms with Crippen LogP contribution in [0.1, 0.15) is 38.2 Å². The number of amides is 2. The summed E-state index contributed by atoms with van der Waals surface area (Å²) in [5.74, 6) is -0.329. The molecule has 0 aliphatic carbocycles. The molecule has 0 atom stereocenters. The van der Waals surface area contributed by atoms with Gasteiger partial charge in [-0.2, -0.15) is 13.8 Å². The van der Waals surface area contributed by atoms with E-state index in [9.17, 15) is 22.4 Å². The van der Waals surface area contributed by atoms with E-state index in [1.54, 1.807) is 9.80 Å². The van der Waals surface area contributed by atoms with Crippen LogP contribution < -0.4 is 19.7 Å². The standard InChI is InChI=1S/C24H30F4N4O3/c1-15(2)17-6-4-5-7-19(17)32(16-10-12-31(13-11-16)14-20(25)26)24(33)29-18-8-9-21(34-3)30-22(18)35-23(27)28/h4-9,15-16,20,23H,10-14H2,1-3H3,(H,29,33). The number of halogens is 4. The van der Waals surface area contributed by atoms with Crippen LogP contribution in [0.5, 0.6) is 11.8 Å². The molecule has 0 saturated carbocycles. The number of hydrogen-bond donors (Lipinski definition) is 1. The number of urea groups is 1. The number of carbonyl (C=O) groups excluding carboxylic acids is 1. The van der Waals surface area contributed by atoms with Gasteiger partial charge in [-0.1, -0.05) is 32.0 Å². The number of alkyl halides is 4. The zero-order valence-corrected chi connectivity index (χ0v) is 19.9.